The van der Waals surface area contributed by atoms with Gasteiger partial charge in [0.05, 0.1) is 22.8 Å². The number of fused-ring (bicyclic) bond motifs is 2. The lowest BCUT2D eigenvalue weighted by atomic mass is 10.1. The number of hydrogen-bond donors (Lipinski definition) is 1. The first-order chi connectivity index (χ1) is 15.3. The van der Waals surface area contributed by atoms with Gasteiger partial charge in [0.1, 0.15) is 5.75 Å². The second kappa shape index (κ2) is 8.51. The molecular formula is C23H21FN2O5S. The summed E-state index contributed by atoms with van der Waals surface area (Å²) in [5, 5.41) is 0. The largest absolute Gasteiger partial charge is 0.491 e. The van der Waals surface area contributed by atoms with Gasteiger partial charge in [0.25, 0.3) is 15.9 Å². The first-order valence-corrected chi connectivity index (χ1v) is 11.5. The number of hydrogen-bond acceptors (Lipinski definition) is 5. The Morgan fingerprint density at radius 1 is 1.03 bits per heavy atom. The topological polar surface area (TPSA) is 84.9 Å². The van der Waals surface area contributed by atoms with E-state index in [1.54, 1.807) is 30.0 Å². The maximum Gasteiger partial charge on any atom is 0.262 e. The first-order valence-electron chi connectivity index (χ1n) is 10.0. The summed E-state index contributed by atoms with van der Waals surface area (Å²) in [6.07, 6.45) is 0. The Morgan fingerprint density at radius 2 is 1.81 bits per heavy atom. The fraction of sp³-hybridized carbons (Fsp3) is 0.174. The van der Waals surface area contributed by atoms with Crippen molar-refractivity contribution in [3.63, 3.8) is 0 Å². The van der Waals surface area contributed by atoms with Gasteiger partial charge in [0, 0.05) is 12.2 Å². The lowest BCUT2D eigenvalue weighted by Crippen LogP contribution is -2.29. The number of halogens is 1. The van der Waals surface area contributed by atoms with Crippen LogP contribution in [0, 0.1) is 5.82 Å². The highest BCUT2D eigenvalue weighted by Gasteiger charge is 2.28. The molecular weight excluding hydrogens is 435 g/mol. The third-order valence-corrected chi connectivity index (χ3v) is 6.29. The van der Waals surface area contributed by atoms with Crippen molar-refractivity contribution in [2.45, 2.75) is 18.7 Å². The van der Waals surface area contributed by atoms with Crippen LogP contribution in [-0.2, 0) is 10.0 Å². The number of benzene rings is 3. The molecule has 0 saturated carbocycles. The zero-order chi connectivity index (χ0) is 22.9. The van der Waals surface area contributed by atoms with E-state index in [-0.39, 0.29) is 34.4 Å². The van der Waals surface area contributed by atoms with E-state index in [0.29, 0.717) is 23.7 Å². The van der Waals surface area contributed by atoms with Crippen molar-refractivity contribution in [1.29, 1.82) is 0 Å². The molecule has 0 unspecified atom stereocenters. The van der Waals surface area contributed by atoms with Gasteiger partial charge in [-0.25, -0.2) is 12.8 Å². The van der Waals surface area contributed by atoms with Gasteiger partial charge in [-0.3, -0.25) is 9.52 Å². The van der Waals surface area contributed by atoms with Crippen LogP contribution >= 0.6 is 0 Å². The van der Waals surface area contributed by atoms with E-state index >= 15 is 0 Å². The van der Waals surface area contributed by atoms with E-state index < -0.39 is 15.8 Å². The Hall–Kier alpha value is -3.59. The van der Waals surface area contributed by atoms with Crippen LogP contribution < -0.4 is 19.1 Å². The Bertz CT molecular complexity index is 1290. The highest BCUT2D eigenvalue weighted by molar-refractivity contribution is 7.92. The van der Waals surface area contributed by atoms with Crippen molar-refractivity contribution in [1.82, 2.24) is 0 Å². The quantitative estimate of drug-likeness (QED) is 0.576. The molecule has 0 aliphatic carbocycles. The third-order valence-electron chi connectivity index (χ3n) is 4.91. The van der Waals surface area contributed by atoms with E-state index in [2.05, 4.69) is 4.72 Å². The number of carbonyl (C=O) groups excluding carboxylic acids is 1. The average molecular weight is 456 g/mol. The molecule has 32 heavy (non-hydrogen) atoms. The van der Waals surface area contributed by atoms with E-state index in [1.165, 1.54) is 30.3 Å². The fourth-order valence-electron chi connectivity index (χ4n) is 3.44. The van der Waals surface area contributed by atoms with Gasteiger partial charge < -0.3 is 14.4 Å². The molecule has 166 valence electrons. The molecule has 0 bridgehead atoms. The molecule has 1 amide bonds. The van der Waals surface area contributed by atoms with Gasteiger partial charge in [-0.1, -0.05) is 12.1 Å². The number of para-hydroxylation sites is 2. The molecule has 1 aliphatic heterocycles. The maximum atomic E-state index is 14.2. The van der Waals surface area contributed by atoms with Gasteiger partial charge >= 0.3 is 0 Å². The summed E-state index contributed by atoms with van der Waals surface area (Å²) in [6, 6.07) is 15.0. The van der Waals surface area contributed by atoms with Gasteiger partial charge in [-0.2, -0.15) is 0 Å². The van der Waals surface area contributed by atoms with E-state index in [9.17, 15) is 17.6 Å². The summed E-state index contributed by atoms with van der Waals surface area (Å²) < 4.78 is 53.2. The zero-order valence-corrected chi connectivity index (χ0v) is 18.3. The summed E-state index contributed by atoms with van der Waals surface area (Å²) in [7, 11) is -4.10. The Balaban J connectivity index is 1.67. The first kappa shape index (κ1) is 21.6. The Kier molecular flexibility index (Phi) is 5.75. The van der Waals surface area contributed by atoms with Crippen LogP contribution in [0.15, 0.2) is 65.6 Å². The van der Waals surface area contributed by atoms with Crippen LogP contribution in [0.5, 0.6) is 17.2 Å². The smallest absolute Gasteiger partial charge is 0.262 e. The van der Waals surface area contributed by atoms with Crippen LogP contribution in [-0.4, -0.2) is 27.5 Å². The normalized spacial score (nSPS) is 13.0. The predicted octanol–water partition coefficient (Wildman–Crippen LogP) is 4.80. The summed E-state index contributed by atoms with van der Waals surface area (Å²) in [5.74, 6) is -0.288. The minimum atomic E-state index is -4.10. The van der Waals surface area contributed by atoms with E-state index in [0.717, 1.165) is 6.07 Å². The lowest BCUT2D eigenvalue weighted by molar-refractivity contribution is 0.0988. The SMILES string of the molecule is CCOc1ccc(S(=O)(=O)Nc2ccc3c(c2)C(=O)N(CC)c2ccccc2O3)cc1F. The molecule has 0 atom stereocenters. The molecule has 3 aromatic rings. The number of nitrogens with zero attached hydrogens (tertiary/aromatic N) is 1. The molecule has 4 rings (SSSR count). The highest BCUT2D eigenvalue weighted by atomic mass is 32.2. The van der Waals surface area contributed by atoms with Gasteiger partial charge in [0.2, 0.25) is 0 Å². The molecule has 0 saturated heterocycles. The van der Waals surface area contributed by atoms with Crippen LogP contribution in [0.1, 0.15) is 24.2 Å². The van der Waals surface area contributed by atoms with E-state index in [1.807, 2.05) is 13.0 Å². The van der Waals surface area contributed by atoms with Crippen molar-refractivity contribution in [3.8, 4) is 17.2 Å². The monoisotopic (exact) mass is 456 g/mol. The summed E-state index contributed by atoms with van der Waals surface area (Å²) >= 11 is 0. The lowest BCUT2D eigenvalue weighted by Gasteiger charge is -2.20. The summed E-state index contributed by atoms with van der Waals surface area (Å²) in [5.41, 5.74) is 0.987. The molecule has 1 aliphatic rings. The number of rotatable bonds is 6. The van der Waals surface area contributed by atoms with Crippen molar-refractivity contribution in [2.24, 2.45) is 0 Å². The van der Waals surface area contributed by atoms with Crippen LogP contribution in [0.3, 0.4) is 0 Å². The van der Waals surface area contributed by atoms with Crippen LogP contribution in [0.25, 0.3) is 0 Å². The maximum absolute atomic E-state index is 14.2. The second-order valence-corrected chi connectivity index (χ2v) is 8.64. The van der Waals surface area contributed by atoms with Gasteiger partial charge in [-0.15, -0.1) is 0 Å². The molecule has 1 heterocycles. The van der Waals surface area contributed by atoms with Crippen molar-refractivity contribution >= 4 is 27.3 Å². The summed E-state index contributed by atoms with van der Waals surface area (Å²) in [6.45, 7) is 4.20. The van der Waals surface area contributed by atoms with Gasteiger partial charge in [-0.05, 0) is 62.4 Å². The second-order valence-electron chi connectivity index (χ2n) is 6.96. The molecule has 9 heteroatoms. The van der Waals surface area contributed by atoms with E-state index in [4.69, 9.17) is 9.47 Å². The number of sulfonamides is 1. The van der Waals surface area contributed by atoms with Crippen molar-refractivity contribution in [2.75, 3.05) is 22.8 Å². The Labute approximate surface area is 185 Å². The van der Waals surface area contributed by atoms with Gasteiger partial charge in [0.15, 0.2) is 17.3 Å². The number of nitrogens with one attached hydrogen (secondary N) is 1. The fourth-order valence-corrected chi connectivity index (χ4v) is 4.50. The molecule has 0 aromatic heterocycles. The number of carbonyl (C=O) groups is 1. The molecule has 1 N–H and O–H groups in total. The molecule has 3 aromatic carbocycles. The molecule has 7 nitrogen and oxygen atoms in total. The minimum absolute atomic E-state index is 0.0292. The zero-order valence-electron chi connectivity index (χ0n) is 17.5. The molecule has 0 fully saturated rings. The van der Waals surface area contributed by atoms with Crippen LogP contribution in [0.2, 0.25) is 0 Å². The summed E-state index contributed by atoms with van der Waals surface area (Å²) in [4.78, 5) is 14.5. The van der Waals surface area contributed by atoms with Crippen molar-refractivity contribution < 1.29 is 27.1 Å². The Morgan fingerprint density at radius 3 is 2.53 bits per heavy atom. The number of anilines is 2. The minimum Gasteiger partial charge on any atom is -0.491 e. The number of ether oxygens (including phenoxy) is 2. The third kappa shape index (κ3) is 3.99. The molecule has 0 radical (unpaired) electrons. The standard InChI is InChI=1S/C23H21FN2O5S/c1-3-26-19-7-5-6-8-22(19)31-20-11-9-15(13-17(20)23(26)27)25-32(28,29)16-10-12-21(30-4-2)18(24)14-16/h5-14,25H,3-4H2,1-2H3. The average Bonchev–Trinajstić information content (AvgIpc) is 2.88. The number of amides is 1. The highest BCUT2D eigenvalue weighted by Crippen LogP contribution is 2.39. The predicted molar refractivity (Wildman–Crippen MR) is 119 cm³/mol. The molecule has 0 spiro atoms. The van der Waals surface area contributed by atoms with Crippen LogP contribution in [0.4, 0.5) is 15.8 Å². The van der Waals surface area contributed by atoms with Crippen molar-refractivity contribution in [3.05, 3.63) is 72.0 Å².